The van der Waals surface area contributed by atoms with E-state index in [0.717, 1.165) is 37.5 Å². The highest BCUT2D eigenvalue weighted by molar-refractivity contribution is 8.13. The van der Waals surface area contributed by atoms with Gasteiger partial charge in [0.25, 0.3) is 9.05 Å². The summed E-state index contributed by atoms with van der Waals surface area (Å²) in [5.41, 5.74) is -0.152. The molecule has 4 nitrogen and oxygen atoms in total. The van der Waals surface area contributed by atoms with Gasteiger partial charge < -0.3 is 4.74 Å². The number of benzene rings is 1. The van der Waals surface area contributed by atoms with Crippen LogP contribution in [0, 0.1) is 5.82 Å². The topological polar surface area (TPSA) is 60.4 Å². The predicted octanol–water partition coefficient (Wildman–Crippen LogP) is 2.46. The summed E-state index contributed by atoms with van der Waals surface area (Å²) in [5.74, 6) is -1.59. The molecule has 0 radical (unpaired) electrons. The summed E-state index contributed by atoms with van der Waals surface area (Å²) in [6.07, 6.45) is 2.39. The van der Waals surface area contributed by atoms with Crippen molar-refractivity contribution >= 4 is 25.7 Å². The van der Waals surface area contributed by atoms with Crippen LogP contribution in [0.1, 0.15) is 29.6 Å². The van der Waals surface area contributed by atoms with E-state index in [9.17, 15) is 17.6 Å². The van der Waals surface area contributed by atoms with Crippen LogP contribution < -0.4 is 0 Å². The third-order valence-corrected chi connectivity index (χ3v) is 4.05. The monoisotopic (exact) mass is 292 g/mol. The number of hydrogen-bond acceptors (Lipinski definition) is 4. The molecule has 2 rings (SSSR count). The van der Waals surface area contributed by atoms with Crippen molar-refractivity contribution in [3.63, 3.8) is 0 Å². The number of halogens is 2. The minimum Gasteiger partial charge on any atom is -0.459 e. The lowest BCUT2D eigenvalue weighted by molar-refractivity contribution is 0.00893. The second-order valence-corrected chi connectivity index (χ2v) is 6.64. The molecular formula is C11H10ClFO4S. The first kappa shape index (κ1) is 13.3. The largest absolute Gasteiger partial charge is 0.459 e. The molecule has 0 unspecified atom stereocenters. The van der Waals surface area contributed by atoms with Gasteiger partial charge in [-0.05, 0) is 37.5 Å². The maximum absolute atomic E-state index is 13.2. The first-order valence-electron chi connectivity index (χ1n) is 5.32. The van der Waals surface area contributed by atoms with Gasteiger partial charge in [0.1, 0.15) is 11.9 Å². The van der Waals surface area contributed by atoms with Crippen molar-refractivity contribution in [2.45, 2.75) is 30.3 Å². The summed E-state index contributed by atoms with van der Waals surface area (Å²) in [6, 6.07) is 2.68. The van der Waals surface area contributed by atoms with Crippen LogP contribution in [0.15, 0.2) is 23.1 Å². The van der Waals surface area contributed by atoms with Crippen molar-refractivity contribution in [2.75, 3.05) is 0 Å². The Hall–Kier alpha value is -1.14. The van der Waals surface area contributed by atoms with Gasteiger partial charge in [-0.25, -0.2) is 17.6 Å². The van der Waals surface area contributed by atoms with Gasteiger partial charge in [0.15, 0.2) is 0 Å². The van der Waals surface area contributed by atoms with Crippen LogP contribution in [0.4, 0.5) is 4.39 Å². The lowest BCUT2D eigenvalue weighted by Gasteiger charge is -2.25. The number of ether oxygens (including phenoxy) is 1. The molecule has 1 aromatic rings. The molecule has 1 saturated carbocycles. The van der Waals surface area contributed by atoms with Crippen LogP contribution in [-0.4, -0.2) is 20.5 Å². The van der Waals surface area contributed by atoms with E-state index < -0.39 is 25.7 Å². The van der Waals surface area contributed by atoms with Crippen molar-refractivity contribution in [2.24, 2.45) is 0 Å². The molecule has 0 saturated heterocycles. The Kier molecular flexibility index (Phi) is 3.59. The normalized spacial score (nSPS) is 16.1. The fourth-order valence-electron chi connectivity index (χ4n) is 1.53. The molecular weight excluding hydrogens is 283 g/mol. The second-order valence-electron chi connectivity index (χ2n) is 4.07. The maximum atomic E-state index is 13.2. The molecule has 1 aliphatic rings. The van der Waals surface area contributed by atoms with Gasteiger partial charge in [-0.2, -0.15) is 0 Å². The zero-order valence-corrected chi connectivity index (χ0v) is 10.8. The number of carbonyl (C=O) groups is 1. The highest BCUT2D eigenvalue weighted by Crippen LogP contribution is 2.24. The summed E-state index contributed by atoms with van der Waals surface area (Å²) < 4.78 is 40.5. The molecule has 0 atom stereocenters. The minimum atomic E-state index is -4.08. The summed E-state index contributed by atoms with van der Waals surface area (Å²) in [7, 11) is 1.03. The third kappa shape index (κ3) is 3.00. The SMILES string of the molecule is O=C(OC1CCC1)c1cc(F)cc(S(=O)(=O)Cl)c1. The first-order chi connectivity index (χ1) is 8.36. The lowest BCUT2D eigenvalue weighted by atomic mass is 9.96. The summed E-state index contributed by atoms with van der Waals surface area (Å²) >= 11 is 0. The van der Waals surface area contributed by atoms with Crippen molar-refractivity contribution in [1.29, 1.82) is 0 Å². The summed E-state index contributed by atoms with van der Waals surface area (Å²) in [4.78, 5) is 11.2. The molecule has 18 heavy (non-hydrogen) atoms. The van der Waals surface area contributed by atoms with Crippen LogP contribution in [0.3, 0.4) is 0 Å². The summed E-state index contributed by atoms with van der Waals surface area (Å²) in [5, 5.41) is 0. The van der Waals surface area contributed by atoms with Gasteiger partial charge in [-0.15, -0.1) is 0 Å². The van der Waals surface area contributed by atoms with Gasteiger partial charge in [-0.1, -0.05) is 0 Å². The minimum absolute atomic E-state index is 0.152. The van der Waals surface area contributed by atoms with Crippen LogP contribution >= 0.6 is 10.7 Å². The van der Waals surface area contributed by atoms with Crippen molar-refractivity contribution < 1.29 is 22.3 Å². The van der Waals surface area contributed by atoms with Crippen LogP contribution in [0.5, 0.6) is 0 Å². The van der Waals surface area contributed by atoms with Crippen molar-refractivity contribution in [1.82, 2.24) is 0 Å². The third-order valence-electron chi connectivity index (χ3n) is 2.71. The van der Waals surface area contributed by atoms with Gasteiger partial charge in [0.05, 0.1) is 10.5 Å². The van der Waals surface area contributed by atoms with Gasteiger partial charge in [0.2, 0.25) is 0 Å². The highest BCUT2D eigenvalue weighted by Gasteiger charge is 2.24. The van der Waals surface area contributed by atoms with E-state index in [2.05, 4.69) is 0 Å². The molecule has 0 N–H and O–H groups in total. The number of hydrogen-bond donors (Lipinski definition) is 0. The molecule has 7 heteroatoms. The number of carbonyl (C=O) groups excluding carboxylic acids is 1. The molecule has 0 aliphatic heterocycles. The van der Waals surface area contributed by atoms with Crippen LogP contribution in [0.2, 0.25) is 0 Å². The van der Waals surface area contributed by atoms with Gasteiger partial charge in [0, 0.05) is 10.7 Å². The smallest absolute Gasteiger partial charge is 0.338 e. The van der Waals surface area contributed by atoms with Crippen LogP contribution in [-0.2, 0) is 13.8 Å². The van der Waals surface area contributed by atoms with E-state index in [0.29, 0.717) is 0 Å². The molecule has 0 aromatic heterocycles. The molecule has 0 bridgehead atoms. The Labute approximate surface area is 108 Å². The standard InChI is InChI=1S/C11H10ClFO4S/c12-18(15,16)10-5-7(4-8(13)6-10)11(14)17-9-2-1-3-9/h4-6,9H,1-3H2. The zero-order chi connectivity index (χ0) is 13.3. The molecule has 0 heterocycles. The maximum Gasteiger partial charge on any atom is 0.338 e. The van der Waals surface area contributed by atoms with Gasteiger partial charge >= 0.3 is 5.97 Å². The Morgan fingerprint density at radius 3 is 2.50 bits per heavy atom. The Bertz CT molecular complexity index is 581. The van der Waals surface area contributed by atoms with E-state index in [1.165, 1.54) is 0 Å². The van der Waals surface area contributed by atoms with E-state index in [4.69, 9.17) is 15.4 Å². The molecule has 1 aliphatic carbocycles. The van der Waals surface area contributed by atoms with Crippen molar-refractivity contribution in [3.05, 3.63) is 29.6 Å². The quantitative estimate of drug-likeness (QED) is 0.634. The van der Waals surface area contributed by atoms with E-state index in [1.54, 1.807) is 0 Å². The number of rotatable bonds is 3. The average Bonchev–Trinajstić information content (AvgIpc) is 2.21. The summed E-state index contributed by atoms with van der Waals surface area (Å²) in [6.45, 7) is 0. The van der Waals surface area contributed by atoms with E-state index in [-0.39, 0.29) is 11.7 Å². The molecule has 0 amide bonds. The molecule has 1 aromatic carbocycles. The Morgan fingerprint density at radius 1 is 1.33 bits per heavy atom. The fraction of sp³-hybridized carbons (Fsp3) is 0.364. The average molecular weight is 293 g/mol. The highest BCUT2D eigenvalue weighted by atomic mass is 35.7. The van der Waals surface area contributed by atoms with E-state index in [1.807, 2.05) is 0 Å². The number of esters is 1. The molecule has 1 fully saturated rings. The van der Waals surface area contributed by atoms with Crippen molar-refractivity contribution in [3.8, 4) is 0 Å². The van der Waals surface area contributed by atoms with Gasteiger partial charge in [-0.3, -0.25) is 0 Å². The lowest BCUT2D eigenvalue weighted by Crippen LogP contribution is -2.25. The Morgan fingerprint density at radius 2 is 2.00 bits per heavy atom. The zero-order valence-electron chi connectivity index (χ0n) is 9.23. The molecule has 98 valence electrons. The Balaban J connectivity index is 2.27. The first-order valence-corrected chi connectivity index (χ1v) is 7.63. The predicted molar refractivity (Wildman–Crippen MR) is 62.5 cm³/mol. The van der Waals surface area contributed by atoms with E-state index >= 15 is 0 Å². The molecule has 0 spiro atoms. The van der Waals surface area contributed by atoms with Crippen LogP contribution in [0.25, 0.3) is 0 Å². The second kappa shape index (κ2) is 4.85. The fourth-order valence-corrected chi connectivity index (χ4v) is 2.32.